The van der Waals surface area contributed by atoms with Gasteiger partial charge in [-0.2, -0.15) is 0 Å². The van der Waals surface area contributed by atoms with Gasteiger partial charge in [0.05, 0.1) is 24.0 Å². The zero-order valence-corrected chi connectivity index (χ0v) is 13.2. The second-order valence-electron chi connectivity index (χ2n) is 5.87. The van der Waals surface area contributed by atoms with E-state index in [0.717, 1.165) is 18.8 Å². The van der Waals surface area contributed by atoms with Gasteiger partial charge in [-0.25, -0.2) is 0 Å². The average Bonchev–Trinajstić information content (AvgIpc) is 3.03. The van der Waals surface area contributed by atoms with Gasteiger partial charge in [-0.05, 0) is 43.9 Å². The van der Waals surface area contributed by atoms with Gasteiger partial charge in [0.2, 0.25) is 0 Å². The highest BCUT2D eigenvalue weighted by molar-refractivity contribution is 5.73. The van der Waals surface area contributed by atoms with Crippen LogP contribution in [0, 0.1) is 17.0 Å². The number of hydrogen-bond donors (Lipinski definition) is 1. The van der Waals surface area contributed by atoms with E-state index in [4.69, 9.17) is 4.42 Å². The molecule has 0 bridgehead atoms. The number of rotatable bonds is 5. The largest absolute Gasteiger partial charge is 0.433 e. The quantitative estimate of drug-likeness (QED) is 0.664. The van der Waals surface area contributed by atoms with E-state index in [2.05, 4.69) is 23.2 Å². The summed E-state index contributed by atoms with van der Waals surface area (Å²) in [6.45, 7) is 4.70. The molecule has 1 aliphatic heterocycles. The maximum atomic E-state index is 10.7. The van der Waals surface area contributed by atoms with Crippen molar-refractivity contribution in [2.45, 2.75) is 32.7 Å². The third-order valence-corrected chi connectivity index (χ3v) is 4.19. The first-order valence-corrected chi connectivity index (χ1v) is 7.96. The zero-order valence-electron chi connectivity index (χ0n) is 13.2. The Morgan fingerprint density at radius 1 is 1.22 bits per heavy atom. The van der Waals surface area contributed by atoms with Gasteiger partial charge < -0.3 is 14.6 Å². The summed E-state index contributed by atoms with van der Waals surface area (Å²) in [7, 11) is 0. The van der Waals surface area contributed by atoms with Crippen molar-refractivity contribution in [2.75, 3.05) is 23.3 Å². The molecule has 2 aromatic rings. The summed E-state index contributed by atoms with van der Waals surface area (Å²) in [5.74, 6) is 0.338. The van der Waals surface area contributed by atoms with Gasteiger partial charge in [0.15, 0.2) is 0 Å². The van der Waals surface area contributed by atoms with Crippen molar-refractivity contribution in [3.8, 4) is 0 Å². The first-order valence-electron chi connectivity index (χ1n) is 7.96. The van der Waals surface area contributed by atoms with Crippen LogP contribution in [-0.2, 0) is 6.54 Å². The van der Waals surface area contributed by atoms with Gasteiger partial charge in [0.25, 0.3) is 0 Å². The van der Waals surface area contributed by atoms with Crippen LogP contribution in [0.1, 0.15) is 30.6 Å². The number of anilines is 2. The summed E-state index contributed by atoms with van der Waals surface area (Å²) in [6.07, 6.45) is 3.73. The Morgan fingerprint density at radius 2 is 2.00 bits per heavy atom. The SMILES string of the molecule is Cc1cccc(NCc2ccc([N+](=O)[O-])o2)c1N1CCCCC1. The molecule has 0 aliphatic carbocycles. The smallest absolute Gasteiger partial charge is 0.404 e. The lowest BCUT2D eigenvalue weighted by molar-refractivity contribution is -0.402. The first kappa shape index (κ1) is 15.4. The minimum atomic E-state index is -0.519. The Kier molecular flexibility index (Phi) is 4.50. The number of furan rings is 1. The first-order chi connectivity index (χ1) is 11.1. The standard InChI is InChI=1S/C17H21N3O3/c1-13-6-5-7-15(17(13)19-10-3-2-4-11-19)18-12-14-8-9-16(23-14)20(21)22/h5-9,18H,2-4,10-12H2,1H3. The number of para-hydroxylation sites is 1. The molecule has 0 atom stereocenters. The van der Waals surface area contributed by atoms with Crippen LogP contribution in [-0.4, -0.2) is 18.0 Å². The van der Waals surface area contributed by atoms with Crippen molar-refractivity contribution in [3.63, 3.8) is 0 Å². The fourth-order valence-corrected chi connectivity index (χ4v) is 3.08. The molecule has 1 aromatic heterocycles. The van der Waals surface area contributed by atoms with E-state index >= 15 is 0 Å². The minimum Gasteiger partial charge on any atom is -0.404 e. The second kappa shape index (κ2) is 6.73. The molecule has 1 saturated heterocycles. The van der Waals surface area contributed by atoms with Crippen LogP contribution in [0.15, 0.2) is 34.7 Å². The molecule has 0 unspecified atom stereocenters. The van der Waals surface area contributed by atoms with Crippen LogP contribution >= 0.6 is 0 Å². The number of nitrogens with one attached hydrogen (secondary N) is 1. The van der Waals surface area contributed by atoms with Crippen LogP contribution in [0.2, 0.25) is 0 Å². The molecular weight excluding hydrogens is 294 g/mol. The highest BCUT2D eigenvalue weighted by Gasteiger charge is 2.17. The summed E-state index contributed by atoms with van der Waals surface area (Å²) in [6, 6.07) is 9.22. The molecule has 6 heteroatoms. The molecule has 0 spiro atoms. The molecule has 0 radical (unpaired) electrons. The molecule has 1 fully saturated rings. The monoisotopic (exact) mass is 315 g/mol. The molecule has 3 rings (SSSR count). The molecule has 0 amide bonds. The van der Waals surface area contributed by atoms with Crippen molar-refractivity contribution in [2.24, 2.45) is 0 Å². The topological polar surface area (TPSA) is 71.5 Å². The summed E-state index contributed by atoms with van der Waals surface area (Å²) < 4.78 is 5.21. The lowest BCUT2D eigenvalue weighted by atomic mass is 10.1. The maximum absolute atomic E-state index is 10.7. The molecule has 6 nitrogen and oxygen atoms in total. The third kappa shape index (κ3) is 3.47. The summed E-state index contributed by atoms with van der Waals surface area (Å²) in [5, 5.41) is 14.0. The zero-order chi connectivity index (χ0) is 16.2. The predicted octanol–water partition coefficient (Wildman–Crippen LogP) is 4.10. The molecule has 0 saturated carbocycles. The number of hydrogen-bond acceptors (Lipinski definition) is 5. The van der Waals surface area contributed by atoms with Crippen LogP contribution in [0.25, 0.3) is 0 Å². The predicted molar refractivity (Wildman–Crippen MR) is 89.9 cm³/mol. The van der Waals surface area contributed by atoms with Crippen LogP contribution in [0.5, 0.6) is 0 Å². The number of aryl methyl sites for hydroxylation is 1. The van der Waals surface area contributed by atoms with E-state index in [9.17, 15) is 10.1 Å². The Labute approximate surface area is 135 Å². The van der Waals surface area contributed by atoms with Crippen LogP contribution in [0.3, 0.4) is 0 Å². The second-order valence-corrected chi connectivity index (χ2v) is 5.87. The Bertz CT molecular complexity index is 690. The van der Waals surface area contributed by atoms with Gasteiger partial charge in [-0.1, -0.05) is 12.1 Å². The van der Waals surface area contributed by atoms with Gasteiger partial charge >= 0.3 is 5.88 Å². The van der Waals surface area contributed by atoms with Crippen LogP contribution in [0.4, 0.5) is 17.3 Å². The van der Waals surface area contributed by atoms with Gasteiger partial charge in [-0.3, -0.25) is 10.1 Å². The fourth-order valence-electron chi connectivity index (χ4n) is 3.08. The summed E-state index contributed by atoms with van der Waals surface area (Å²) >= 11 is 0. The van der Waals surface area contributed by atoms with E-state index in [0.29, 0.717) is 12.3 Å². The van der Waals surface area contributed by atoms with Crippen molar-refractivity contribution in [1.82, 2.24) is 0 Å². The molecule has 1 aromatic carbocycles. The molecule has 1 N–H and O–H groups in total. The summed E-state index contributed by atoms with van der Waals surface area (Å²) in [5.41, 5.74) is 3.52. The van der Waals surface area contributed by atoms with E-state index < -0.39 is 4.92 Å². The van der Waals surface area contributed by atoms with E-state index in [1.165, 1.54) is 36.6 Å². The normalized spacial score (nSPS) is 14.7. The highest BCUT2D eigenvalue weighted by Crippen LogP contribution is 2.32. The van der Waals surface area contributed by atoms with Gasteiger partial charge in [-0.15, -0.1) is 0 Å². The Balaban J connectivity index is 1.76. The molecule has 23 heavy (non-hydrogen) atoms. The maximum Gasteiger partial charge on any atom is 0.433 e. The highest BCUT2D eigenvalue weighted by atomic mass is 16.6. The minimum absolute atomic E-state index is 0.220. The van der Waals surface area contributed by atoms with Crippen molar-refractivity contribution in [1.29, 1.82) is 0 Å². The Morgan fingerprint density at radius 3 is 2.70 bits per heavy atom. The fraction of sp³-hybridized carbons (Fsp3) is 0.412. The summed E-state index contributed by atoms with van der Waals surface area (Å²) in [4.78, 5) is 12.6. The molecule has 2 heterocycles. The molecule has 1 aliphatic rings. The lowest BCUT2D eigenvalue weighted by Crippen LogP contribution is -2.30. The molecular formula is C17H21N3O3. The van der Waals surface area contributed by atoms with Gasteiger partial charge in [0, 0.05) is 13.1 Å². The van der Waals surface area contributed by atoms with Crippen LogP contribution < -0.4 is 10.2 Å². The number of benzene rings is 1. The molecule has 122 valence electrons. The third-order valence-electron chi connectivity index (χ3n) is 4.19. The van der Waals surface area contributed by atoms with E-state index in [1.54, 1.807) is 6.07 Å². The Hall–Kier alpha value is -2.50. The van der Waals surface area contributed by atoms with Gasteiger partial charge in [0.1, 0.15) is 10.7 Å². The van der Waals surface area contributed by atoms with E-state index in [-0.39, 0.29) is 5.88 Å². The van der Waals surface area contributed by atoms with Crippen molar-refractivity contribution in [3.05, 3.63) is 51.8 Å². The number of nitrogens with zero attached hydrogens (tertiary/aromatic N) is 2. The van der Waals surface area contributed by atoms with E-state index in [1.807, 2.05) is 12.1 Å². The average molecular weight is 315 g/mol. The van der Waals surface area contributed by atoms with Crippen molar-refractivity contribution >= 4 is 17.3 Å². The lowest BCUT2D eigenvalue weighted by Gasteiger charge is -2.32. The number of nitro groups is 1. The van der Waals surface area contributed by atoms with Crippen molar-refractivity contribution < 1.29 is 9.34 Å². The number of piperidine rings is 1.